The molecule has 0 atom stereocenters. The number of aromatic nitrogens is 2. The van der Waals surface area contributed by atoms with Gasteiger partial charge in [0.1, 0.15) is 0 Å². The van der Waals surface area contributed by atoms with Gasteiger partial charge in [-0.1, -0.05) is 6.07 Å². The second kappa shape index (κ2) is 6.62. The Morgan fingerprint density at radius 3 is 2.82 bits per heavy atom. The van der Waals surface area contributed by atoms with Crippen molar-refractivity contribution in [2.45, 2.75) is 25.3 Å². The minimum Gasteiger partial charge on any atom is -0.348 e. The number of nitrogens with one attached hydrogen (secondary N) is 1. The minimum atomic E-state index is -0.0604. The molecule has 0 spiro atoms. The number of hydrogen-bond donors (Lipinski definition) is 1. The fourth-order valence-electron chi connectivity index (χ4n) is 2.89. The first kappa shape index (κ1) is 15.2. The third-order valence-corrected chi connectivity index (χ3v) is 5.00. The predicted octanol–water partition coefficient (Wildman–Crippen LogP) is 2.28. The summed E-state index contributed by atoms with van der Waals surface area (Å²) in [4.78, 5) is 24.9. The zero-order valence-electron chi connectivity index (χ0n) is 13.1. The summed E-state index contributed by atoms with van der Waals surface area (Å²) in [6.45, 7) is 3.17. The molecule has 0 amide bonds. The summed E-state index contributed by atoms with van der Waals surface area (Å²) in [7, 11) is 3.79. The molecule has 0 radical (unpaired) electrons. The molecular weight excluding hydrogens is 296 g/mol. The van der Waals surface area contributed by atoms with Crippen molar-refractivity contribution in [3.8, 4) is 0 Å². The van der Waals surface area contributed by atoms with Crippen molar-refractivity contribution in [2.75, 3.05) is 32.1 Å². The Bertz CT molecular complexity index is 657. The SMILES string of the molecule is CN(C)c1nc(C2CCN(Cc3cccs3)CC2)cc(=O)[nH]1. The fraction of sp³-hybridized carbons (Fsp3) is 0.500. The van der Waals surface area contributed by atoms with E-state index in [-0.39, 0.29) is 5.56 Å². The molecule has 0 saturated carbocycles. The zero-order chi connectivity index (χ0) is 15.5. The summed E-state index contributed by atoms with van der Waals surface area (Å²) in [5, 5.41) is 2.13. The van der Waals surface area contributed by atoms with Gasteiger partial charge in [0.15, 0.2) is 0 Å². The molecule has 1 aliphatic heterocycles. The highest BCUT2D eigenvalue weighted by atomic mass is 32.1. The molecule has 1 fully saturated rings. The van der Waals surface area contributed by atoms with Crippen LogP contribution in [-0.2, 0) is 6.54 Å². The average molecular weight is 318 g/mol. The minimum absolute atomic E-state index is 0.0604. The molecule has 0 bridgehead atoms. The van der Waals surface area contributed by atoms with Crippen LogP contribution in [0.5, 0.6) is 0 Å². The van der Waals surface area contributed by atoms with Crippen LogP contribution >= 0.6 is 11.3 Å². The lowest BCUT2D eigenvalue weighted by Crippen LogP contribution is -2.33. The van der Waals surface area contributed by atoms with Gasteiger partial charge in [-0.2, -0.15) is 0 Å². The molecule has 2 aromatic rings. The van der Waals surface area contributed by atoms with Crippen LogP contribution < -0.4 is 10.5 Å². The summed E-state index contributed by atoms with van der Waals surface area (Å²) >= 11 is 1.82. The van der Waals surface area contributed by atoms with E-state index >= 15 is 0 Å². The van der Waals surface area contributed by atoms with Gasteiger partial charge in [-0.3, -0.25) is 14.7 Å². The molecule has 3 heterocycles. The van der Waals surface area contributed by atoms with Gasteiger partial charge in [-0.15, -0.1) is 11.3 Å². The number of H-pyrrole nitrogens is 1. The number of hydrogen-bond acceptors (Lipinski definition) is 5. The van der Waals surface area contributed by atoms with Gasteiger partial charge in [-0.25, -0.2) is 4.98 Å². The van der Waals surface area contributed by atoms with Crippen molar-refractivity contribution in [1.82, 2.24) is 14.9 Å². The molecule has 118 valence electrons. The Kier molecular flexibility index (Phi) is 4.59. The van der Waals surface area contributed by atoms with Crippen LogP contribution in [-0.4, -0.2) is 42.1 Å². The maximum absolute atomic E-state index is 11.8. The Morgan fingerprint density at radius 2 is 2.18 bits per heavy atom. The van der Waals surface area contributed by atoms with Crippen molar-refractivity contribution in [2.24, 2.45) is 0 Å². The van der Waals surface area contributed by atoms with Gasteiger partial charge in [0.25, 0.3) is 5.56 Å². The van der Waals surface area contributed by atoms with Crippen LogP contribution in [0, 0.1) is 0 Å². The first-order valence-electron chi connectivity index (χ1n) is 7.65. The number of anilines is 1. The second-order valence-corrected chi connectivity index (χ2v) is 7.05. The maximum Gasteiger partial charge on any atom is 0.252 e. The number of thiophene rings is 1. The summed E-state index contributed by atoms with van der Waals surface area (Å²) in [5.74, 6) is 1.03. The molecule has 1 N–H and O–H groups in total. The van der Waals surface area contributed by atoms with E-state index in [1.807, 2.05) is 30.3 Å². The number of rotatable bonds is 4. The average Bonchev–Trinajstić information content (AvgIpc) is 3.00. The number of piperidine rings is 1. The fourth-order valence-corrected chi connectivity index (χ4v) is 3.64. The first-order valence-corrected chi connectivity index (χ1v) is 8.53. The van der Waals surface area contributed by atoms with Crippen LogP contribution in [0.2, 0.25) is 0 Å². The standard InChI is InChI=1S/C16H22N4OS/c1-19(2)16-17-14(10-15(21)18-16)12-5-7-20(8-6-12)11-13-4-3-9-22-13/h3-4,9-10,12H,5-8,11H2,1-2H3,(H,17,18,21). The largest absolute Gasteiger partial charge is 0.348 e. The summed E-state index contributed by atoms with van der Waals surface area (Å²) in [6.07, 6.45) is 2.13. The van der Waals surface area contributed by atoms with E-state index in [4.69, 9.17) is 0 Å². The molecule has 0 aromatic carbocycles. The normalized spacial score (nSPS) is 16.8. The molecule has 6 heteroatoms. The van der Waals surface area contributed by atoms with Crippen molar-refractivity contribution >= 4 is 17.3 Å². The van der Waals surface area contributed by atoms with Crippen molar-refractivity contribution < 1.29 is 0 Å². The number of nitrogens with zero attached hydrogens (tertiary/aromatic N) is 3. The third kappa shape index (κ3) is 3.56. The lowest BCUT2D eigenvalue weighted by molar-refractivity contribution is 0.205. The van der Waals surface area contributed by atoms with Gasteiger partial charge in [-0.05, 0) is 37.4 Å². The summed E-state index contributed by atoms with van der Waals surface area (Å²) in [5.41, 5.74) is 0.873. The molecule has 22 heavy (non-hydrogen) atoms. The van der Waals surface area contributed by atoms with Crippen molar-refractivity contribution in [3.63, 3.8) is 0 Å². The summed E-state index contributed by atoms with van der Waals surface area (Å²) < 4.78 is 0. The summed E-state index contributed by atoms with van der Waals surface area (Å²) in [6, 6.07) is 5.96. The van der Waals surface area contributed by atoms with Crippen LogP contribution in [0.15, 0.2) is 28.4 Å². The highest BCUT2D eigenvalue weighted by Crippen LogP contribution is 2.27. The van der Waals surface area contributed by atoms with E-state index in [1.165, 1.54) is 4.88 Å². The van der Waals surface area contributed by atoms with Gasteiger partial charge in [0.2, 0.25) is 5.95 Å². The van der Waals surface area contributed by atoms with Crippen LogP contribution in [0.25, 0.3) is 0 Å². The van der Waals surface area contributed by atoms with E-state index in [9.17, 15) is 4.79 Å². The molecule has 0 unspecified atom stereocenters. The highest BCUT2D eigenvalue weighted by Gasteiger charge is 2.22. The molecule has 3 rings (SSSR count). The highest BCUT2D eigenvalue weighted by molar-refractivity contribution is 7.09. The maximum atomic E-state index is 11.8. The smallest absolute Gasteiger partial charge is 0.252 e. The first-order chi connectivity index (χ1) is 10.6. The van der Waals surface area contributed by atoms with Gasteiger partial charge in [0.05, 0.1) is 5.69 Å². The van der Waals surface area contributed by atoms with Crippen molar-refractivity contribution in [3.05, 3.63) is 44.5 Å². The van der Waals surface area contributed by atoms with Crippen LogP contribution in [0.3, 0.4) is 0 Å². The molecule has 5 nitrogen and oxygen atoms in total. The van der Waals surface area contributed by atoms with E-state index in [0.717, 1.165) is 38.2 Å². The third-order valence-electron chi connectivity index (χ3n) is 4.14. The van der Waals surface area contributed by atoms with Crippen molar-refractivity contribution in [1.29, 1.82) is 0 Å². The van der Waals surface area contributed by atoms with Gasteiger partial charge < -0.3 is 4.90 Å². The quantitative estimate of drug-likeness (QED) is 0.939. The molecule has 1 saturated heterocycles. The van der Waals surface area contributed by atoms with E-state index in [1.54, 1.807) is 6.07 Å². The lowest BCUT2D eigenvalue weighted by atomic mass is 9.93. The predicted molar refractivity (Wildman–Crippen MR) is 90.8 cm³/mol. The Labute approximate surface area is 134 Å². The van der Waals surface area contributed by atoms with E-state index < -0.39 is 0 Å². The van der Waals surface area contributed by atoms with Gasteiger partial charge in [0, 0.05) is 37.5 Å². The topological polar surface area (TPSA) is 52.2 Å². The molecular formula is C16H22N4OS. The Morgan fingerprint density at radius 1 is 1.41 bits per heavy atom. The lowest BCUT2D eigenvalue weighted by Gasteiger charge is -2.31. The second-order valence-electron chi connectivity index (χ2n) is 6.02. The Balaban J connectivity index is 1.65. The molecule has 2 aromatic heterocycles. The van der Waals surface area contributed by atoms with E-state index in [0.29, 0.717) is 11.9 Å². The number of aromatic amines is 1. The molecule has 1 aliphatic rings. The monoisotopic (exact) mass is 318 g/mol. The molecule has 0 aliphatic carbocycles. The van der Waals surface area contributed by atoms with Crippen LogP contribution in [0.4, 0.5) is 5.95 Å². The van der Waals surface area contributed by atoms with E-state index in [2.05, 4.69) is 32.4 Å². The zero-order valence-corrected chi connectivity index (χ0v) is 13.9. The van der Waals surface area contributed by atoms with Crippen LogP contribution in [0.1, 0.15) is 29.3 Å². The number of likely N-dealkylation sites (tertiary alicyclic amines) is 1. The Hall–Kier alpha value is -1.66. The van der Waals surface area contributed by atoms with Gasteiger partial charge >= 0.3 is 0 Å².